The predicted molar refractivity (Wildman–Crippen MR) is 87.2 cm³/mol. The van der Waals surface area contributed by atoms with Gasteiger partial charge in [-0.15, -0.1) is 11.8 Å². The maximum absolute atomic E-state index is 11.4. The van der Waals surface area contributed by atoms with Crippen molar-refractivity contribution in [3.8, 4) is 0 Å². The summed E-state index contributed by atoms with van der Waals surface area (Å²) in [6.07, 6.45) is 0. The van der Waals surface area contributed by atoms with Crippen molar-refractivity contribution < 1.29 is 9.90 Å². The monoisotopic (exact) mass is 304 g/mol. The molecule has 2 aromatic rings. The quantitative estimate of drug-likeness (QED) is 0.795. The van der Waals surface area contributed by atoms with Gasteiger partial charge in [0, 0.05) is 17.7 Å². The van der Waals surface area contributed by atoms with Crippen LogP contribution in [-0.2, 0) is 0 Å². The van der Waals surface area contributed by atoms with Gasteiger partial charge in [0.05, 0.1) is 16.1 Å². The van der Waals surface area contributed by atoms with E-state index >= 15 is 0 Å². The molecule has 0 atom stereocenters. The van der Waals surface area contributed by atoms with Gasteiger partial charge in [-0.3, -0.25) is 0 Å². The van der Waals surface area contributed by atoms with E-state index in [1.165, 1.54) is 0 Å². The molecule has 0 aliphatic heterocycles. The summed E-state index contributed by atoms with van der Waals surface area (Å²) in [6, 6.07) is 9.05. The Bertz CT molecular complexity index is 627. The molecule has 0 saturated carbocycles. The third kappa shape index (κ3) is 3.95. The van der Waals surface area contributed by atoms with Crippen molar-refractivity contribution in [3.63, 3.8) is 0 Å². The van der Waals surface area contributed by atoms with Crippen LogP contribution in [-0.4, -0.2) is 46.3 Å². The molecule has 4 nitrogen and oxygen atoms in total. The van der Waals surface area contributed by atoms with Crippen molar-refractivity contribution in [1.29, 1.82) is 0 Å². The normalized spacial score (nSPS) is 11.2. The zero-order valence-corrected chi connectivity index (χ0v) is 13.2. The van der Waals surface area contributed by atoms with Crippen molar-refractivity contribution in [2.75, 3.05) is 25.4 Å². The second-order valence-corrected chi connectivity index (χ2v) is 5.82. The number of nitrogens with zero attached hydrogens (tertiary/aromatic N) is 2. The number of carboxylic acids is 1. The minimum Gasteiger partial charge on any atom is -0.478 e. The number of benzene rings is 1. The number of pyridine rings is 1. The molecule has 5 heteroatoms. The molecular formula is C16H20N2O2S. The highest BCUT2D eigenvalue weighted by Gasteiger charge is 2.12. The number of carboxylic acid groups (broad SMARTS) is 1. The van der Waals surface area contributed by atoms with Gasteiger partial charge in [-0.1, -0.05) is 32.0 Å². The van der Waals surface area contributed by atoms with E-state index in [0.717, 1.165) is 35.9 Å². The van der Waals surface area contributed by atoms with Gasteiger partial charge in [0.15, 0.2) is 0 Å². The topological polar surface area (TPSA) is 53.4 Å². The molecule has 2 rings (SSSR count). The molecule has 0 amide bonds. The zero-order valence-electron chi connectivity index (χ0n) is 12.4. The SMILES string of the molecule is CCN(CC)CCSc1cc(C(=O)O)c2ccccc2n1. The largest absolute Gasteiger partial charge is 0.478 e. The Morgan fingerprint density at radius 1 is 1.29 bits per heavy atom. The fourth-order valence-electron chi connectivity index (χ4n) is 2.22. The highest BCUT2D eigenvalue weighted by Crippen LogP contribution is 2.24. The maximum atomic E-state index is 11.4. The number of carbonyl (C=O) groups is 1. The van der Waals surface area contributed by atoms with Gasteiger partial charge < -0.3 is 10.0 Å². The molecule has 0 aliphatic carbocycles. The van der Waals surface area contributed by atoms with Gasteiger partial charge in [-0.05, 0) is 25.2 Å². The second kappa shape index (κ2) is 7.43. The Kier molecular flexibility index (Phi) is 5.59. The summed E-state index contributed by atoms with van der Waals surface area (Å²) in [5, 5.41) is 10.8. The van der Waals surface area contributed by atoms with Crippen LogP contribution in [0.1, 0.15) is 24.2 Å². The number of aromatic carboxylic acids is 1. The fourth-order valence-corrected chi connectivity index (χ4v) is 3.14. The minimum atomic E-state index is -0.904. The highest BCUT2D eigenvalue weighted by atomic mass is 32.2. The average Bonchev–Trinajstić information content (AvgIpc) is 2.50. The van der Waals surface area contributed by atoms with Crippen LogP contribution in [0.2, 0.25) is 0 Å². The van der Waals surface area contributed by atoms with E-state index in [1.54, 1.807) is 23.9 Å². The van der Waals surface area contributed by atoms with E-state index in [1.807, 2.05) is 18.2 Å². The number of fused-ring (bicyclic) bond motifs is 1. The van der Waals surface area contributed by atoms with Gasteiger partial charge in [-0.2, -0.15) is 0 Å². The van der Waals surface area contributed by atoms with Gasteiger partial charge in [0.25, 0.3) is 0 Å². The van der Waals surface area contributed by atoms with Crippen LogP contribution in [0.25, 0.3) is 10.9 Å². The molecule has 0 spiro atoms. The number of hydrogen-bond donors (Lipinski definition) is 1. The van der Waals surface area contributed by atoms with E-state index in [2.05, 4.69) is 23.7 Å². The Labute approximate surface area is 129 Å². The lowest BCUT2D eigenvalue weighted by atomic mass is 10.1. The molecular weight excluding hydrogens is 284 g/mol. The standard InChI is InChI=1S/C16H20N2O2S/c1-3-18(4-2)9-10-21-15-11-13(16(19)20)12-7-5-6-8-14(12)17-15/h5-8,11H,3-4,9-10H2,1-2H3,(H,19,20). The summed E-state index contributed by atoms with van der Waals surface area (Å²) in [5.41, 5.74) is 1.06. The van der Waals surface area contributed by atoms with Gasteiger partial charge in [0.1, 0.15) is 0 Å². The summed E-state index contributed by atoms with van der Waals surface area (Å²) in [7, 11) is 0. The van der Waals surface area contributed by atoms with Crippen LogP contribution in [0, 0.1) is 0 Å². The van der Waals surface area contributed by atoms with Gasteiger partial charge in [0.2, 0.25) is 0 Å². The molecule has 0 radical (unpaired) electrons. The van der Waals surface area contributed by atoms with Crippen molar-refractivity contribution in [3.05, 3.63) is 35.9 Å². The number of thioether (sulfide) groups is 1. The minimum absolute atomic E-state index is 0.325. The van der Waals surface area contributed by atoms with Gasteiger partial charge in [-0.25, -0.2) is 9.78 Å². The van der Waals surface area contributed by atoms with E-state index in [4.69, 9.17) is 0 Å². The molecule has 1 aromatic heterocycles. The molecule has 0 aliphatic rings. The van der Waals surface area contributed by atoms with E-state index in [0.29, 0.717) is 10.9 Å². The zero-order chi connectivity index (χ0) is 15.2. The maximum Gasteiger partial charge on any atom is 0.336 e. The van der Waals surface area contributed by atoms with Crippen molar-refractivity contribution in [1.82, 2.24) is 9.88 Å². The Morgan fingerprint density at radius 3 is 2.67 bits per heavy atom. The number of rotatable bonds is 7. The first-order valence-electron chi connectivity index (χ1n) is 7.14. The van der Waals surface area contributed by atoms with Crippen LogP contribution in [0.4, 0.5) is 0 Å². The van der Waals surface area contributed by atoms with Crippen LogP contribution in [0.3, 0.4) is 0 Å². The molecule has 0 unspecified atom stereocenters. The Hall–Kier alpha value is -1.59. The summed E-state index contributed by atoms with van der Waals surface area (Å²) in [4.78, 5) is 18.3. The second-order valence-electron chi connectivity index (χ2n) is 4.71. The van der Waals surface area contributed by atoms with Gasteiger partial charge >= 0.3 is 5.97 Å². The summed E-state index contributed by atoms with van der Waals surface area (Å²) >= 11 is 1.61. The smallest absolute Gasteiger partial charge is 0.336 e. The Balaban J connectivity index is 2.19. The van der Waals surface area contributed by atoms with Crippen LogP contribution >= 0.6 is 11.8 Å². The lowest BCUT2D eigenvalue weighted by molar-refractivity contribution is 0.0698. The highest BCUT2D eigenvalue weighted by molar-refractivity contribution is 7.99. The summed E-state index contributed by atoms with van der Waals surface area (Å²) < 4.78 is 0. The molecule has 1 N–H and O–H groups in total. The first kappa shape index (κ1) is 15.8. The van der Waals surface area contributed by atoms with Crippen LogP contribution < -0.4 is 0 Å². The van der Waals surface area contributed by atoms with Crippen molar-refractivity contribution >= 4 is 28.6 Å². The third-order valence-electron chi connectivity index (χ3n) is 3.47. The number of hydrogen-bond acceptors (Lipinski definition) is 4. The van der Waals surface area contributed by atoms with Crippen LogP contribution in [0.15, 0.2) is 35.4 Å². The van der Waals surface area contributed by atoms with Crippen molar-refractivity contribution in [2.24, 2.45) is 0 Å². The van der Waals surface area contributed by atoms with Crippen LogP contribution in [0.5, 0.6) is 0 Å². The first-order valence-corrected chi connectivity index (χ1v) is 8.12. The summed E-state index contributed by atoms with van der Waals surface area (Å²) in [5.74, 6) is 0.00528. The molecule has 1 heterocycles. The Morgan fingerprint density at radius 2 is 2.00 bits per heavy atom. The first-order chi connectivity index (χ1) is 10.2. The van der Waals surface area contributed by atoms with E-state index in [9.17, 15) is 9.90 Å². The predicted octanol–water partition coefficient (Wildman–Crippen LogP) is 3.37. The lowest BCUT2D eigenvalue weighted by Crippen LogP contribution is -2.25. The molecule has 0 saturated heterocycles. The fraction of sp³-hybridized carbons (Fsp3) is 0.375. The molecule has 1 aromatic carbocycles. The van der Waals surface area contributed by atoms with E-state index < -0.39 is 5.97 Å². The molecule has 0 fully saturated rings. The van der Waals surface area contributed by atoms with Crippen molar-refractivity contribution in [2.45, 2.75) is 18.9 Å². The number of para-hydroxylation sites is 1. The summed E-state index contributed by atoms with van der Waals surface area (Å²) in [6.45, 7) is 7.33. The average molecular weight is 304 g/mol. The van der Waals surface area contributed by atoms with E-state index in [-0.39, 0.29) is 0 Å². The molecule has 112 valence electrons. The lowest BCUT2D eigenvalue weighted by Gasteiger charge is -2.17. The molecule has 21 heavy (non-hydrogen) atoms. The third-order valence-corrected chi connectivity index (χ3v) is 4.37. The molecule has 0 bridgehead atoms. The number of aromatic nitrogens is 1.